The Bertz CT molecular complexity index is 605. The Kier molecular flexibility index (Phi) is 3.69. The van der Waals surface area contributed by atoms with Gasteiger partial charge in [-0.2, -0.15) is 5.10 Å². The molecule has 0 saturated carbocycles. The molecule has 0 aliphatic carbocycles. The van der Waals surface area contributed by atoms with Crippen LogP contribution in [0.25, 0.3) is 11.4 Å². The standard InChI is InChI=1S/C13H16ClN3S/c1-7-6-10(14)9(3)15-11(7)12-8(2)13(18-5)17(4)16-12/h6H,1-5H3. The van der Waals surface area contributed by atoms with Crippen molar-refractivity contribution in [2.24, 2.45) is 7.05 Å². The Morgan fingerprint density at radius 3 is 2.44 bits per heavy atom. The molecule has 0 bridgehead atoms. The van der Waals surface area contributed by atoms with Crippen molar-refractivity contribution in [2.75, 3.05) is 6.26 Å². The summed E-state index contributed by atoms with van der Waals surface area (Å²) in [6, 6.07) is 1.95. The maximum atomic E-state index is 6.08. The van der Waals surface area contributed by atoms with Gasteiger partial charge in [0.15, 0.2) is 0 Å². The van der Waals surface area contributed by atoms with Crippen molar-refractivity contribution in [2.45, 2.75) is 25.8 Å². The minimum Gasteiger partial charge on any atom is -0.261 e. The summed E-state index contributed by atoms with van der Waals surface area (Å²) >= 11 is 7.78. The summed E-state index contributed by atoms with van der Waals surface area (Å²) in [6.45, 7) is 6.01. The fourth-order valence-corrected chi connectivity index (χ4v) is 2.95. The molecule has 2 heterocycles. The lowest BCUT2D eigenvalue weighted by Crippen LogP contribution is -1.95. The molecule has 0 N–H and O–H groups in total. The maximum absolute atomic E-state index is 6.08. The average molecular weight is 282 g/mol. The van der Waals surface area contributed by atoms with Crippen molar-refractivity contribution < 1.29 is 0 Å². The number of aromatic nitrogens is 3. The van der Waals surface area contributed by atoms with Gasteiger partial charge in [-0.15, -0.1) is 11.8 Å². The Balaban J connectivity index is 2.66. The molecule has 0 atom stereocenters. The van der Waals surface area contributed by atoms with Gasteiger partial charge < -0.3 is 0 Å². The monoisotopic (exact) mass is 281 g/mol. The molecule has 3 nitrogen and oxygen atoms in total. The highest BCUT2D eigenvalue weighted by Crippen LogP contribution is 2.31. The largest absolute Gasteiger partial charge is 0.261 e. The summed E-state index contributed by atoms with van der Waals surface area (Å²) in [5, 5.41) is 6.44. The smallest absolute Gasteiger partial charge is 0.115 e. The molecule has 18 heavy (non-hydrogen) atoms. The number of pyridine rings is 1. The molecule has 0 aromatic carbocycles. The van der Waals surface area contributed by atoms with Crippen LogP contribution in [0.4, 0.5) is 0 Å². The number of hydrogen-bond acceptors (Lipinski definition) is 3. The van der Waals surface area contributed by atoms with E-state index in [9.17, 15) is 0 Å². The van der Waals surface area contributed by atoms with E-state index in [1.165, 1.54) is 10.6 Å². The third-order valence-electron chi connectivity index (χ3n) is 2.98. The molecular formula is C13H16ClN3S. The fraction of sp³-hybridized carbons (Fsp3) is 0.385. The van der Waals surface area contributed by atoms with Crippen LogP contribution < -0.4 is 0 Å². The Hall–Kier alpha value is -1.00. The van der Waals surface area contributed by atoms with Gasteiger partial charge in [0.05, 0.1) is 21.4 Å². The van der Waals surface area contributed by atoms with Gasteiger partial charge in [-0.3, -0.25) is 4.68 Å². The first-order chi connectivity index (χ1) is 8.45. The Morgan fingerprint density at radius 2 is 1.89 bits per heavy atom. The molecule has 0 saturated heterocycles. The number of aryl methyl sites for hydroxylation is 3. The lowest BCUT2D eigenvalue weighted by atomic mass is 10.1. The zero-order chi connectivity index (χ0) is 13.4. The molecule has 0 amide bonds. The van der Waals surface area contributed by atoms with Gasteiger partial charge in [0.1, 0.15) is 5.69 Å². The molecule has 0 spiro atoms. The molecular weight excluding hydrogens is 266 g/mol. The van der Waals surface area contributed by atoms with Gasteiger partial charge >= 0.3 is 0 Å². The van der Waals surface area contributed by atoms with E-state index in [1.807, 2.05) is 31.6 Å². The van der Waals surface area contributed by atoms with E-state index in [1.54, 1.807) is 11.8 Å². The second-order valence-corrected chi connectivity index (χ2v) is 5.53. The molecule has 0 unspecified atom stereocenters. The third kappa shape index (κ3) is 2.15. The van der Waals surface area contributed by atoms with Gasteiger partial charge in [-0.25, -0.2) is 4.98 Å². The average Bonchev–Trinajstić information content (AvgIpc) is 2.59. The number of rotatable bonds is 2. The first-order valence-electron chi connectivity index (χ1n) is 5.67. The summed E-state index contributed by atoms with van der Waals surface area (Å²) in [5.74, 6) is 0. The van der Waals surface area contributed by atoms with Crippen LogP contribution in [0.2, 0.25) is 5.02 Å². The SMILES string of the molecule is CSc1c(C)c(-c2nc(C)c(Cl)cc2C)nn1C. The molecule has 2 aromatic heterocycles. The predicted octanol–water partition coefficient (Wildman–Crippen LogP) is 3.78. The summed E-state index contributed by atoms with van der Waals surface area (Å²) < 4.78 is 1.90. The normalized spacial score (nSPS) is 11.0. The van der Waals surface area contributed by atoms with Crippen molar-refractivity contribution in [3.05, 3.63) is 27.9 Å². The first-order valence-corrected chi connectivity index (χ1v) is 7.27. The maximum Gasteiger partial charge on any atom is 0.115 e. The summed E-state index contributed by atoms with van der Waals surface area (Å²) in [7, 11) is 1.96. The second kappa shape index (κ2) is 4.94. The minimum atomic E-state index is 0.704. The van der Waals surface area contributed by atoms with Crippen LogP contribution in [0, 0.1) is 20.8 Å². The first kappa shape index (κ1) is 13.4. The number of thioether (sulfide) groups is 1. The highest BCUT2D eigenvalue weighted by Gasteiger charge is 2.17. The Morgan fingerprint density at radius 1 is 1.22 bits per heavy atom. The summed E-state index contributed by atoms with van der Waals surface area (Å²) in [6.07, 6.45) is 2.06. The van der Waals surface area contributed by atoms with Crippen LogP contribution in [-0.2, 0) is 7.05 Å². The predicted molar refractivity (Wildman–Crippen MR) is 77.4 cm³/mol. The van der Waals surface area contributed by atoms with Crippen LogP contribution in [-0.4, -0.2) is 21.0 Å². The van der Waals surface area contributed by atoms with Crippen LogP contribution in [0.3, 0.4) is 0 Å². The zero-order valence-electron chi connectivity index (χ0n) is 11.2. The van der Waals surface area contributed by atoms with E-state index >= 15 is 0 Å². The van der Waals surface area contributed by atoms with Crippen molar-refractivity contribution in [3.8, 4) is 11.4 Å². The van der Waals surface area contributed by atoms with Crippen molar-refractivity contribution in [1.29, 1.82) is 0 Å². The number of halogens is 1. The quantitative estimate of drug-likeness (QED) is 0.785. The van der Waals surface area contributed by atoms with Gasteiger partial charge in [0.25, 0.3) is 0 Å². The van der Waals surface area contributed by atoms with E-state index in [-0.39, 0.29) is 0 Å². The minimum absolute atomic E-state index is 0.704. The molecule has 2 rings (SSSR count). The highest BCUT2D eigenvalue weighted by molar-refractivity contribution is 7.98. The fourth-order valence-electron chi connectivity index (χ4n) is 2.04. The van der Waals surface area contributed by atoms with Crippen molar-refractivity contribution >= 4 is 23.4 Å². The third-order valence-corrected chi connectivity index (χ3v) is 4.32. The lowest BCUT2D eigenvalue weighted by molar-refractivity contribution is 0.698. The number of nitrogens with zero attached hydrogens (tertiary/aromatic N) is 3. The molecule has 0 radical (unpaired) electrons. The van der Waals surface area contributed by atoms with Crippen LogP contribution in [0.5, 0.6) is 0 Å². The molecule has 0 aliphatic rings. The van der Waals surface area contributed by atoms with Crippen LogP contribution >= 0.6 is 23.4 Å². The van der Waals surface area contributed by atoms with Gasteiger partial charge in [-0.05, 0) is 38.7 Å². The van der Waals surface area contributed by atoms with Crippen molar-refractivity contribution in [3.63, 3.8) is 0 Å². The zero-order valence-corrected chi connectivity index (χ0v) is 12.8. The van der Waals surface area contributed by atoms with E-state index in [0.717, 1.165) is 22.6 Å². The molecule has 0 fully saturated rings. The summed E-state index contributed by atoms with van der Waals surface area (Å²) in [4.78, 5) is 4.58. The number of hydrogen-bond donors (Lipinski definition) is 0. The molecule has 5 heteroatoms. The van der Waals surface area contributed by atoms with Crippen LogP contribution in [0.15, 0.2) is 11.1 Å². The van der Waals surface area contributed by atoms with Gasteiger partial charge in [-0.1, -0.05) is 11.6 Å². The van der Waals surface area contributed by atoms with Gasteiger partial charge in [0.2, 0.25) is 0 Å². The highest BCUT2D eigenvalue weighted by atomic mass is 35.5. The molecule has 96 valence electrons. The Labute approximate surface area is 117 Å². The van der Waals surface area contributed by atoms with E-state index < -0.39 is 0 Å². The van der Waals surface area contributed by atoms with E-state index in [2.05, 4.69) is 23.3 Å². The molecule has 0 aliphatic heterocycles. The second-order valence-electron chi connectivity index (χ2n) is 4.33. The topological polar surface area (TPSA) is 30.7 Å². The summed E-state index contributed by atoms with van der Waals surface area (Å²) in [5.41, 5.74) is 4.93. The van der Waals surface area contributed by atoms with Crippen LogP contribution in [0.1, 0.15) is 16.8 Å². The van der Waals surface area contributed by atoms with E-state index in [4.69, 9.17) is 11.6 Å². The van der Waals surface area contributed by atoms with Crippen molar-refractivity contribution in [1.82, 2.24) is 14.8 Å². The van der Waals surface area contributed by atoms with Gasteiger partial charge in [0, 0.05) is 12.6 Å². The lowest BCUT2D eigenvalue weighted by Gasteiger charge is -2.06. The molecule has 2 aromatic rings. The van der Waals surface area contributed by atoms with E-state index in [0.29, 0.717) is 5.02 Å².